The molecule has 1 heterocycles. The van der Waals surface area contributed by atoms with Crippen molar-refractivity contribution in [3.63, 3.8) is 0 Å². The van der Waals surface area contributed by atoms with Crippen molar-refractivity contribution in [2.24, 2.45) is 0 Å². The Morgan fingerprint density at radius 3 is 2.80 bits per heavy atom. The van der Waals surface area contributed by atoms with E-state index in [1.165, 1.54) is 7.11 Å². The lowest BCUT2D eigenvalue weighted by Gasteiger charge is -2.39. The first kappa shape index (κ1) is 15.0. The Morgan fingerprint density at radius 2 is 2.10 bits per heavy atom. The molecule has 110 valence electrons. The molecule has 1 atom stereocenters. The second-order valence-electron chi connectivity index (χ2n) is 5.43. The summed E-state index contributed by atoms with van der Waals surface area (Å²) in [7, 11) is 3.62. The SMILES string of the molecule is CCC1CN(Cc2ccccc2C(=O)OC)CCN1C. The fourth-order valence-electron chi connectivity index (χ4n) is 2.80. The van der Waals surface area contributed by atoms with E-state index in [1.807, 2.05) is 24.3 Å². The van der Waals surface area contributed by atoms with Gasteiger partial charge in [0, 0.05) is 32.2 Å². The van der Waals surface area contributed by atoms with Gasteiger partial charge in [0.15, 0.2) is 0 Å². The van der Waals surface area contributed by atoms with E-state index in [2.05, 4.69) is 23.8 Å². The molecule has 0 bridgehead atoms. The summed E-state index contributed by atoms with van der Waals surface area (Å²) in [6.45, 7) is 6.23. The zero-order valence-electron chi connectivity index (χ0n) is 12.6. The van der Waals surface area contributed by atoms with Crippen molar-refractivity contribution in [2.75, 3.05) is 33.8 Å². The van der Waals surface area contributed by atoms with Gasteiger partial charge in [-0.1, -0.05) is 25.1 Å². The van der Waals surface area contributed by atoms with E-state index < -0.39 is 0 Å². The number of hydrogen-bond donors (Lipinski definition) is 0. The molecule has 1 aliphatic heterocycles. The lowest BCUT2D eigenvalue weighted by Crippen LogP contribution is -2.50. The summed E-state index contributed by atoms with van der Waals surface area (Å²) >= 11 is 0. The summed E-state index contributed by atoms with van der Waals surface area (Å²) in [6, 6.07) is 8.33. The first-order valence-electron chi connectivity index (χ1n) is 7.24. The van der Waals surface area contributed by atoms with Gasteiger partial charge < -0.3 is 9.64 Å². The first-order valence-corrected chi connectivity index (χ1v) is 7.24. The molecule has 2 rings (SSSR count). The molecule has 0 spiro atoms. The highest BCUT2D eigenvalue weighted by Crippen LogP contribution is 2.17. The maximum atomic E-state index is 11.8. The standard InChI is InChI=1S/C16H24N2O2/c1-4-14-12-18(10-9-17(14)2)11-13-7-5-6-8-15(13)16(19)20-3/h5-8,14H,4,9-12H2,1-3H3. The molecular formula is C16H24N2O2. The van der Waals surface area contributed by atoms with Gasteiger partial charge in [-0.05, 0) is 25.1 Å². The number of ether oxygens (including phenoxy) is 1. The zero-order valence-corrected chi connectivity index (χ0v) is 12.6. The van der Waals surface area contributed by atoms with Gasteiger partial charge in [-0.25, -0.2) is 4.79 Å². The average molecular weight is 276 g/mol. The van der Waals surface area contributed by atoms with Crippen molar-refractivity contribution in [1.29, 1.82) is 0 Å². The molecule has 0 radical (unpaired) electrons. The minimum absolute atomic E-state index is 0.248. The van der Waals surface area contributed by atoms with Crippen LogP contribution in [0.3, 0.4) is 0 Å². The third-order valence-corrected chi connectivity index (χ3v) is 4.15. The van der Waals surface area contributed by atoms with E-state index in [0.29, 0.717) is 11.6 Å². The fraction of sp³-hybridized carbons (Fsp3) is 0.562. The number of likely N-dealkylation sites (N-methyl/N-ethyl adjacent to an activating group) is 1. The molecule has 1 saturated heterocycles. The number of hydrogen-bond acceptors (Lipinski definition) is 4. The molecule has 1 fully saturated rings. The summed E-state index contributed by atoms with van der Waals surface area (Å²) in [5, 5.41) is 0. The Hall–Kier alpha value is -1.39. The number of esters is 1. The van der Waals surface area contributed by atoms with Crippen LogP contribution in [0.5, 0.6) is 0 Å². The molecular weight excluding hydrogens is 252 g/mol. The first-order chi connectivity index (χ1) is 9.65. The number of nitrogens with zero attached hydrogens (tertiary/aromatic N) is 2. The van der Waals surface area contributed by atoms with Gasteiger partial charge >= 0.3 is 5.97 Å². The normalized spacial score (nSPS) is 20.9. The Labute approximate surface area is 121 Å². The molecule has 1 aromatic carbocycles. The lowest BCUT2D eigenvalue weighted by atomic mass is 10.1. The number of carbonyl (C=O) groups excluding carboxylic acids is 1. The maximum absolute atomic E-state index is 11.8. The van der Waals surface area contributed by atoms with Crippen LogP contribution in [0, 0.1) is 0 Å². The Morgan fingerprint density at radius 1 is 1.35 bits per heavy atom. The highest BCUT2D eigenvalue weighted by molar-refractivity contribution is 5.90. The Balaban J connectivity index is 2.08. The van der Waals surface area contributed by atoms with Gasteiger partial charge in [0.1, 0.15) is 0 Å². The molecule has 1 unspecified atom stereocenters. The molecule has 1 aromatic rings. The predicted octanol–water partition coefficient (Wildman–Crippen LogP) is 2.00. The van der Waals surface area contributed by atoms with E-state index >= 15 is 0 Å². The van der Waals surface area contributed by atoms with Gasteiger partial charge in [-0.15, -0.1) is 0 Å². The number of piperazine rings is 1. The smallest absolute Gasteiger partial charge is 0.338 e. The predicted molar refractivity (Wildman–Crippen MR) is 79.8 cm³/mol. The second-order valence-corrected chi connectivity index (χ2v) is 5.43. The third-order valence-electron chi connectivity index (χ3n) is 4.15. The topological polar surface area (TPSA) is 32.8 Å². The molecule has 4 nitrogen and oxygen atoms in total. The van der Waals surface area contributed by atoms with Crippen molar-refractivity contribution >= 4 is 5.97 Å². The van der Waals surface area contributed by atoms with E-state index in [1.54, 1.807) is 0 Å². The maximum Gasteiger partial charge on any atom is 0.338 e. The van der Waals surface area contributed by atoms with Crippen LogP contribution in [0.15, 0.2) is 24.3 Å². The highest BCUT2D eigenvalue weighted by atomic mass is 16.5. The summed E-state index contributed by atoms with van der Waals surface area (Å²) in [5.74, 6) is -0.248. The molecule has 0 N–H and O–H groups in total. The number of rotatable bonds is 4. The van der Waals surface area contributed by atoms with Crippen LogP contribution in [0.25, 0.3) is 0 Å². The Bertz CT molecular complexity index is 462. The molecule has 0 amide bonds. The largest absolute Gasteiger partial charge is 0.465 e. The quantitative estimate of drug-likeness (QED) is 0.788. The van der Waals surface area contributed by atoms with Gasteiger partial charge in [-0.3, -0.25) is 4.90 Å². The molecule has 4 heteroatoms. The van der Waals surface area contributed by atoms with Gasteiger partial charge in [-0.2, -0.15) is 0 Å². The van der Waals surface area contributed by atoms with E-state index in [-0.39, 0.29) is 5.97 Å². The fourth-order valence-corrected chi connectivity index (χ4v) is 2.80. The molecule has 0 aromatic heterocycles. The minimum atomic E-state index is -0.248. The number of methoxy groups -OCH3 is 1. The second kappa shape index (κ2) is 6.86. The van der Waals surface area contributed by atoms with E-state index in [9.17, 15) is 4.79 Å². The van der Waals surface area contributed by atoms with E-state index in [4.69, 9.17) is 4.74 Å². The van der Waals surface area contributed by atoms with Crippen LogP contribution in [0.1, 0.15) is 29.3 Å². The van der Waals surface area contributed by atoms with E-state index in [0.717, 1.165) is 38.2 Å². The van der Waals surface area contributed by atoms with Gasteiger partial charge in [0.05, 0.1) is 12.7 Å². The van der Waals surface area contributed by atoms with Crippen molar-refractivity contribution in [3.05, 3.63) is 35.4 Å². The zero-order chi connectivity index (χ0) is 14.5. The third kappa shape index (κ3) is 3.38. The molecule has 1 aliphatic rings. The van der Waals surface area contributed by atoms with Gasteiger partial charge in [0.2, 0.25) is 0 Å². The molecule has 20 heavy (non-hydrogen) atoms. The summed E-state index contributed by atoms with van der Waals surface area (Å²) in [6.07, 6.45) is 1.16. The summed E-state index contributed by atoms with van der Waals surface area (Å²) < 4.78 is 4.86. The average Bonchev–Trinajstić information content (AvgIpc) is 2.49. The van der Waals surface area contributed by atoms with Crippen LogP contribution >= 0.6 is 0 Å². The monoisotopic (exact) mass is 276 g/mol. The number of benzene rings is 1. The van der Waals surface area contributed by atoms with Crippen LogP contribution in [-0.2, 0) is 11.3 Å². The molecule has 0 aliphatic carbocycles. The van der Waals surface area contributed by atoms with Crippen molar-refractivity contribution in [2.45, 2.75) is 25.9 Å². The van der Waals surface area contributed by atoms with Crippen LogP contribution in [0.2, 0.25) is 0 Å². The van der Waals surface area contributed by atoms with Crippen LogP contribution in [0.4, 0.5) is 0 Å². The summed E-state index contributed by atoms with van der Waals surface area (Å²) in [5.41, 5.74) is 1.74. The van der Waals surface area contributed by atoms with Crippen molar-refractivity contribution in [1.82, 2.24) is 9.80 Å². The van der Waals surface area contributed by atoms with Crippen molar-refractivity contribution < 1.29 is 9.53 Å². The van der Waals surface area contributed by atoms with Crippen molar-refractivity contribution in [3.8, 4) is 0 Å². The van der Waals surface area contributed by atoms with Gasteiger partial charge in [0.25, 0.3) is 0 Å². The summed E-state index contributed by atoms with van der Waals surface area (Å²) in [4.78, 5) is 16.6. The molecule has 0 saturated carbocycles. The number of carbonyl (C=O) groups is 1. The highest BCUT2D eigenvalue weighted by Gasteiger charge is 2.23. The lowest BCUT2D eigenvalue weighted by molar-refractivity contribution is 0.0594. The van der Waals surface area contributed by atoms with Crippen LogP contribution in [-0.4, -0.2) is 55.6 Å². The Kier molecular flexibility index (Phi) is 5.15. The minimum Gasteiger partial charge on any atom is -0.465 e. The van der Waals surface area contributed by atoms with Crippen LogP contribution < -0.4 is 0 Å².